The molecule has 2 N–H and O–H groups in total. The van der Waals surface area contributed by atoms with E-state index in [1.54, 1.807) is 7.11 Å². The van der Waals surface area contributed by atoms with Gasteiger partial charge in [0.25, 0.3) is 0 Å². The highest BCUT2D eigenvalue weighted by Gasteiger charge is 2.29. The van der Waals surface area contributed by atoms with E-state index >= 15 is 0 Å². The maximum absolute atomic E-state index is 6.18. The molecule has 0 aromatic carbocycles. The lowest BCUT2D eigenvalue weighted by atomic mass is 9.94. The summed E-state index contributed by atoms with van der Waals surface area (Å²) in [5.74, 6) is 1.15. The van der Waals surface area contributed by atoms with Crippen LogP contribution < -0.4 is 5.73 Å². The van der Waals surface area contributed by atoms with Crippen LogP contribution in [-0.4, -0.2) is 37.1 Å². The van der Waals surface area contributed by atoms with Crippen molar-refractivity contribution in [3.8, 4) is 0 Å². The summed E-state index contributed by atoms with van der Waals surface area (Å²) in [6, 6.07) is 0. The number of hydrogen-bond donors (Lipinski definition) is 1. The summed E-state index contributed by atoms with van der Waals surface area (Å²) in [5.41, 5.74) is 5.67. The van der Waals surface area contributed by atoms with Crippen molar-refractivity contribution in [2.75, 3.05) is 26.9 Å². The molecule has 6 nitrogen and oxygen atoms in total. The van der Waals surface area contributed by atoms with E-state index in [9.17, 15) is 0 Å². The number of hydrogen-bond acceptors (Lipinski definition) is 6. The normalized spacial score (nSPS) is 12.0. The Kier molecular flexibility index (Phi) is 6.24. The van der Waals surface area contributed by atoms with E-state index in [2.05, 4.69) is 10.1 Å². The summed E-state index contributed by atoms with van der Waals surface area (Å²) in [4.78, 5) is 4.33. The smallest absolute Gasteiger partial charge is 0.246 e. The van der Waals surface area contributed by atoms with Gasteiger partial charge in [0.05, 0.1) is 25.4 Å². The quantitative estimate of drug-likeness (QED) is 0.670. The third kappa shape index (κ3) is 4.04. The Morgan fingerprint density at radius 1 is 1.22 bits per heavy atom. The van der Waals surface area contributed by atoms with Crippen LogP contribution in [-0.2, 0) is 21.4 Å². The number of methoxy groups -OCH3 is 1. The average molecular weight is 257 g/mol. The summed E-state index contributed by atoms with van der Waals surface area (Å²) < 4.78 is 15.5. The van der Waals surface area contributed by atoms with Crippen LogP contribution in [0.2, 0.25) is 0 Å². The van der Waals surface area contributed by atoms with Crippen molar-refractivity contribution in [3.63, 3.8) is 0 Å². The lowest BCUT2D eigenvalue weighted by Crippen LogP contribution is -2.35. The predicted octanol–water partition coefficient (Wildman–Crippen LogP) is 1.25. The van der Waals surface area contributed by atoms with Crippen LogP contribution in [0, 0.1) is 0 Å². The van der Waals surface area contributed by atoms with Crippen molar-refractivity contribution in [2.24, 2.45) is 5.73 Å². The first-order valence-corrected chi connectivity index (χ1v) is 6.35. The van der Waals surface area contributed by atoms with Gasteiger partial charge in [0.15, 0.2) is 5.82 Å². The van der Waals surface area contributed by atoms with Gasteiger partial charge >= 0.3 is 0 Å². The van der Waals surface area contributed by atoms with Gasteiger partial charge in [-0.05, 0) is 12.8 Å². The molecule has 1 rings (SSSR count). The highest BCUT2D eigenvalue weighted by atomic mass is 16.5. The summed E-state index contributed by atoms with van der Waals surface area (Å²) in [7, 11) is 1.64. The first kappa shape index (κ1) is 15.1. The van der Waals surface area contributed by atoms with Gasteiger partial charge in [-0.15, -0.1) is 0 Å². The Bertz CT molecular complexity index is 337. The summed E-state index contributed by atoms with van der Waals surface area (Å²) >= 11 is 0. The van der Waals surface area contributed by atoms with Crippen LogP contribution >= 0.6 is 0 Å². The van der Waals surface area contributed by atoms with Gasteiger partial charge in [-0.25, -0.2) is 0 Å². The number of rotatable bonds is 9. The molecule has 0 aliphatic carbocycles. The van der Waals surface area contributed by atoms with Gasteiger partial charge in [-0.3, -0.25) is 0 Å². The zero-order valence-electron chi connectivity index (χ0n) is 11.4. The second-order valence-electron chi connectivity index (χ2n) is 4.23. The minimum absolute atomic E-state index is 0.512. The molecule has 0 bridgehead atoms. The fourth-order valence-corrected chi connectivity index (χ4v) is 1.52. The lowest BCUT2D eigenvalue weighted by molar-refractivity contribution is 0.0714. The van der Waals surface area contributed by atoms with Crippen molar-refractivity contribution in [1.29, 1.82) is 0 Å². The molecule has 6 heteroatoms. The van der Waals surface area contributed by atoms with Crippen LogP contribution in [0.1, 0.15) is 38.4 Å². The zero-order chi connectivity index (χ0) is 13.4. The molecule has 0 fully saturated rings. The van der Waals surface area contributed by atoms with Gasteiger partial charge in [0.2, 0.25) is 5.89 Å². The first-order chi connectivity index (χ1) is 8.66. The maximum Gasteiger partial charge on any atom is 0.246 e. The van der Waals surface area contributed by atoms with E-state index in [1.807, 2.05) is 13.8 Å². The lowest BCUT2D eigenvalue weighted by Gasteiger charge is -2.20. The Hall–Kier alpha value is -0.980. The second-order valence-corrected chi connectivity index (χ2v) is 4.23. The number of aromatic nitrogens is 2. The van der Waals surface area contributed by atoms with Gasteiger partial charge in [-0.2, -0.15) is 4.98 Å². The van der Waals surface area contributed by atoms with Crippen molar-refractivity contribution in [1.82, 2.24) is 10.1 Å². The van der Waals surface area contributed by atoms with Crippen molar-refractivity contribution >= 4 is 0 Å². The highest BCUT2D eigenvalue weighted by Crippen LogP contribution is 2.23. The summed E-state index contributed by atoms with van der Waals surface area (Å²) in [5, 5.41) is 3.92. The van der Waals surface area contributed by atoms with Crippen LogP contribution in [0.3, 0.4) is 0 Å². The standard InChI is InChI=1S/C12H23N3O3/c1-4-12(13,5-2)11-14-10(15-18-11)6-7-17-9-8-16-3/h4-9,13H2,1-3H3. The van der Waals surface area contributed by atoms with Gasteiger partial charge < -0.3 is 19.7 Å². The molecule has 0 amide bonds. The molecule has 18 heavy (non-hydrogen) atoms. The molecule has 1 heterocycles. The minimum Gasteiger partial charge on any atom is -0.382 e. The third-order valence-electron chi connectivity index (χ3n) is 3.06. The summed E-state index contributed by atoms with van der Waals surface area (Å²) in [6.07, 6.45) is 2.17. The predicted molar refractivity (Wildman–Crippen MR) is 67.1 cm³/mol. The average Bonchev–Trinajstić information content (AvgIpc) is 2.87. The molecule has 0 saturated heterocycles. The monoisotopic (exact) mass is 257 g/mol. The van der Waals surface area contributed by atoms with E-state index in [1.165, 1.54) is 0 Å². The van der Waals surface area contributed by atoms with E-state index in [4.69, 9.17) is 19.7 Å². The molecule has 0 saturated carbocycles. The Labute approximate surface area is 108 Å². The molecule has 0 atom stereocenters. The topological polar surface area (TPSA) is 83.4 Å². The fraction of sp³-hybridized carbons (Fsp3) is 0.833. The van der Waals surface area contributed by atoms with E-state index in [0.29, 0.717) is 38.0 Å². The molecule has 0 radical (unpaired) electrons. The third-order valence-corrected chi connectivity index (χ3v) is 3.06. The molecule has 0 spiro atoms. The largest absolute Gasteiger partial charge is 0.382 e. The highest BCUT2D eigenvalue weighted by molar-refractivity contribution is 5.01. The Morgan fingerprint density at radius 2 is 1.94 bits per heavy atom. The maximum atomic E-state index is 6.18. The minimum atomic E-state index is -0.512. The molecule has 0 aliphatic rings. The number of nitrogens with zero attached hydrogens (tertiary/aromatic N) is 2. The number of ether oxygens (including phenoxy) is 2. The van der Waals surface area contributed by atoms with E-state index in [0.717, 1.165) is 12.8 Å². The molecule has 1 aromatic heterocycles. The van der Waals surface area contributed by atoms with Crippen LogP contribution in [0.4, 0.5) is 0 Å². The Balaban J connectivity index is 2.43. The second kappa shape index (κ2) is 7.45. The summed E-state index contributed by atoms with van der Waals surface area (Å²) in [6.45, 7) is 5.75. The Morgan fingerprint density at radius 3 is 2.56 bits per heavy atom. The van der Waals surface area contributed by atoms with Crippen molar-refractivity contribution in [2.45, 2.75) is 38.6 Å². The SMILES string of the molecule is CCC(N)(CC)c1nc(CCOCCOC)no1. The van der Waals surface area contributed by atoms with Crippen molar-refractivity contribution < 1.29 is 14.0 Å². The van der Waals surface area contributed by atoms with Gasteiger partial charge in [0.1, 0.15) is 0 Å². The molecule has 1 aromatic rings. The van der Waals surface area contributed by atoms with E-state index < -0.39 is 5.54 Å². The molecule has 0 aliphatic heterocycles. The molecular formula is C12H23N3O3. The molecular weight excluding hydrogens is 234 g/mol. The number of nitrogens with two attached hydrogens (primary N) is 1. The van der Waals surface area contributed by atoms with Crippen LogP contribution in [0.5, 0.6) is 0 Å². The van der Waals surface area contributed by atoms with Crippen molar-refractivity contribution in [3.05, 3.63) is 11.7 Å². The fourth-order valence-electron chi connectivity index (χ4n) is 1.52. The van der Waals surface area contributed by atoms with Gasteiger partial charge in [0, 0.05) is 13.5 Å². The van der Waals surface area contributed by atoms with Gasteiger partial charge in [-0.1, -0.05) is 19.0 Å². The molecule has 104 valence electrons. The van der Waals surface area contributed by atoms with Crippen LogP contribution in [0.25, 0.3) is 0 Å². The zero-order valence-corrected chi connectivity index (χ0v) is 11.4. The first-order valence-electron chi connectivity index (χ1n) is 6.35. The van der Waals surface area contributed by atoms with E-state index in [-0.39, 0.29) is 0 Å². The molecule has 0 unspecified atom stereocenters. The van der Waals surface area contributed by atoms with Crippen LogP contribution in [0.15, 0.2) is 4.52 Å².